The van der Waals surface area contributed by atoms with Crippen LogP contribution in [0, 0.1) is 0 Å². The van der Waals surface area contributed by atoms with Crippen molar-refractivity contribution < 1.29 is 9.59 Å². The maximum Gasteiger partial charge on any atom is 0.252 e. The second-order valence-electron chi connectivity index (χ2n) is 5.45. The Labute approximate surface area is 142 Å². The quantitative estimate of drug-likeness (QED) is 0.546. The van der Waals surface area contributed by atoms with Gasteiger partial charge in [0.15, 0.2) is 5.82 Å². The van der Waals surface area contributed by atoms with Gasteiger partial charge in [-0.1, -0.05) is 32.0 Å². The monoisotopic (exact) mass is 328 g/mol. The highest BCUT2D eigenvalue weighted by Crippen LogP contribution is 2.12. The second-order valence-corrected chi connectivity index (χ2v) is 5.45. The van der Waals surface area contributed by atoms with E-state index >= 15 is 0 Å². The highest BCUT2D eigenvalue weighted by atomic mass is 16.2. The molecule has 0 aliphatic heterocycles. The molecule has 1 aromatic heterocycles. The average Bonchev–Trinajstić information content (AvgIpc) is 3.15. The standard InChI is InChI=1S/C18H24N4O2/c1-3-22(4-2)13-7-10-21-18(24)15-9-6-5-8-14(15)16(23)17-19-11-12-20-17/h5-6,8-9,11-12H,3-4,7,10,13H2,1-2H3,(H,19,20)(H,21,24). The molecular formula is C18H24N4O2. The first-order chi connectivity index (χ1) is 11.7. The summed E-state index contributed by atoms with van der Waals surface area (Å²) in [7, 11) is 0. The number of imidazole rings is 1. The molecule has 0 radical (unpaired) electrons. The van der Waals surface area contributed by atoms with Crippen LogP contribution in [0.4, 0.5) is 0 Å². The zero-order valence-corrected chi connectivity index (χ0v) is 14.2. The number of carbonyl (C=O) groups excluding carboxylic acids is 2. The molecule has 0 spiro atoms. The van der Waals surface area contributed by atoms with Gasteiger partial charge in [0, 0.05) is 24.5 Å². The van der Waals surface area contributed by atoms with Crippen LogP contribution in [0.25, 0.3) is 0 Å². The van der Waals surface area contributed by atoms with E-state index in [2.05, 4.69) is 34.0 Å². The molecule has 6 heteroatoms. The lowest BCUT2D eigenvalue weighted by molar-refractivity contribution is 0.0939. The molecule has 2 rings (SSSR count). The minimum Gasteiger partial charge on any atom is -0.352 e. The van der Waals surface area contributed by atoms with Crippen LogP contribution in [0.5, 0.6) is 0 Å². The fourth-order valence-electron chi connectivity index (χ4n) is 2.54. The minimum absolute atomic E-state index is 0.231. The highest BCUT2D eigenvalue weighted by Gasteiger charge is 2.19. The number of nitrogens with one attached hydrogen (secondary N) is 2. The first kappa shape index (κ1) is 17.9. The lowest BCUT2D eigenvalue weighted by Gasteiger charge is -2.17. The van der Waals surface area contributed by atoms with E-state index in [1.807, 2.05) is 0 Å². The van der Waals surface area contributed by atoms with Crippen molar-refractivity contribution in [2.75, 3.05) is 26.2 Å². The molecule has 0 unspecified atom stereocenters. The molecule has 0 bridgehead atoms. The Morgan fingerprint density at radius 1 is 1.17 bits per heavy atom. The maximum absolute atomic E-state index is 12.4. The van der Waals surface area contributed by atoms with Crippen molar-refractivity contribution >= 4 is 11.7 Å². The van der Waals surface area contributed by atoms with Crippen molar-refractivity contribution in [2.24, 2.45) is 0 Å². The molecule has 1 amide bonds. The normalized spacial score (nSPS) is 10.8. The van der Waals surface area contributed by atoms with Crippen molar-refractivity contribution in [3.63, 3.8) is 0 Å². The molecule has 0 fully saturated rings. The largest absolute Gasteiger partial charge is 0.352 e. The fourth-order valence-corrected chi connectivity index (χ4v) is 2.54. The minimum atomic E-state index is -0.283. The van der Waals surface area contributed by atoms with Crippen LogP contribution in [-0.4, -0.2) is 52.7 Å². The van der Waals surface area contributed by atoms with Crippen molar-refractivity contribution in [1.29, 1.82) is 0 Å². The van der Waals surface area contributed by atoms with Gasteiger partial charge in [0.2, 0.25) is 5.78 Å². The van der Waals surface area contributed by atoms with Crippen molar-refractivity contribution in [3.8, 4) is 0 Å². The average molecular weight is 328 g/mol. The van der Waals surface area contributed by atoms with Gasteiger partial charge in [0.25, 0.3) is 5.91 Å². The number of amides is 1. The predicted molar refractivity (Wildman–Crippen MR) is 93.2 cm³/mol. The molecule has 0 aliphatic rings. The summed E-state index contributed by atoms with van der Waals surface area (Å²) in [6, 6.07) is 6.81. The van der Waals surface area contributed by atoms with Crippen LogP contribution in [0.3, 0.4) is 0 Å². The van der Waals surface area contributed by atoms with Crippen LogP contribution in [0.2, 0.25) is 0 Å². The number of ketones is 1. The zero-order valence-electron chi connectivity index (χ0n) is 14.2. The van der Waals surface area contributed by atoms with Gasteiger partial charge < -0.3 is 15.2 Å². The molecule has 2 aromatic rings. The molecule has 128 valence electrons. The summed E-state index contributed by atoms with van der Waals surface area (Å²) in [5.41, 5.74) is 0.732. The predicted octanol–water partition coefficient (Wildman–Crippen LogP) is 2.10. The van der Waals surface area contributed by atoms with Crippen LogP contribution < -0.4 is 5.32 Å². The van der Waals surface area contributed by atoms with Crippen LogP contribution >= 0.6 is 0 Å². The Morgan fingerprint density at radius 2 is 1.88 bits per heavy atom. The molecule has 0 aliphatic carbocycles. The van der Waals surface area contributed by atoms with Gasteiger partial charge in [-0.05, 0) is 32.1 Å². The van der Waals surface area contributed by atoms with Crippen LogP contribution in [-0.2, 0) is 0 Å². The topological polar surface area (TPSA) is 78.1 Å². The van der Waals surface area contributed by atoms with Gasteiger partial charge >= 0.3 is 0 Å². The summed E-state index contributed by atoms with van der Waals surface area (Å²) in [5.74, 6) is -0.282. The van der Waals surface area contributed by atoms with E-state index in [0.29, 0.717) is 17.7 Å². The van der Waals surface area contributed by atoms with E-state index in [4.69, 9.17) is 0 Å². The van der Waals surface area contributed by atoms with E-state index in [1.54, 1.807) is 30.5 Å². The summed E-state index contributed by atoms with van der Waals surface area (Å²) in [6.07, 6.45) is 3.98. The first-order valence-corrected chi connectivity index (χ1v) is 8.31. The zero-order chi connectivity index (χ0) is 17.4. The molecule has 0 saturated carbocycles. The number of hydrogen-bond acceptors (Lipinski definition) is 4. The number of carbonyl (C=O) groups is 2. The van der Waals surface area contributed by atoms with Gasteiger partial charge in [-0.2, -0.15) is 0 Å². The third-order valence-corrected chi connectivity index (χ3v) is 3.96. The lowest BCUT2D eigenvalue weighted by Crippen LogP contribution is -2.30. The number of hydrogen-bond donors (Lipinski definition) is 2. The lowest BCUT2D eigenvalue weighted by atomic mass is 10.0. The van der Waals surface area contributed by atoms with Gasteiger partial charge in [-0.15, -0.1) is 0 Å². The third-order valence-electron chi connectivity index (χ3n) is 3.96. The number of aromatic amines is 1. The van der Waals surface area contributed by atoms with Crippen LogP contribution in [0.15, 0.2) is 36.7 Å². The molecule has 1 aromatic carbocycles. The highest BCUT2D eigenvalue weighted by molar-refractivity contribution is 6.13. The van der Waals surface area contributed by atoms with Crippen molar-refractivity contribution in [1.82, 2.24) is 20.2 Å². The molecule has 24 heavy (non-hydrogen) atoms. The number of rotatable bonds is 9. The Bertz CT molecular complexity index is 663. The van der Waals surface area contributed by atoms with Gasteiger partial charge in [0.05, 0.1) is 5.56 Å². The second kappa shape index (κ2) is 8.98. The van der Waals surface area contributed by atoms with E-state index < -0.39 is 0 Å². The summed E-state index contributed by atoms with van der Waals surface area (Å²) in [5, 5.41) is 2.89. The molecule has 6 nitrogen and oxygen atoms in total. The third kappa shape index (κ3) is 4.52. The summed E-state index contributed by atoms with van der Waals surface area (Å²) in [4.78, 5) is 33.9. The van der Waals surface area contributed by atoms with Gasteiger partial charge in [-0.25, -0.2) is 4.98 Å². The first-order valence-electron chi connectivity index (χ1n) is 8.31. The van der Waals surface area contributed by atoms with Crippen LogP contribution in [0.1, 0.15) is 46.8 Å². The fraction of sp³-hybridized carbons (Fsp3) is 0.389. The molecule has 0 atom stereocenters. The molecular weight excluding hydrogens is 304 g/mol. The smallest absolute Gasteiger partial charge is 0.252 e. The van der Waals surface area contributed by atoms with E-state index in [-0.39, 0.29) is 17.5 Å². The van der Waals surface area contributed by atoms with E-state index in [9.17, 15) is 9.59 Å². The van der Waals surface area contributed by atoms with Gasteiger partial charge in [0.1, 0.15) is 0 Å². The van der Waals surface area contributed by atoms with E-state index in [1.165, 1.54) is 6.20 Å². The van der Waals surface area contributed by atoms with Crippen molar-refractivity contribution in [2.45, 2.75) is 20.3 Å². The van der Waals surface area contributed by atoms with E-state index in [0.717, 1.165) is 26.1 Å². The summed E-state index contributed by atoms with van der Waals surface area (Å²) < 4.78 is 0. The Hall–Kier alpha value is -2.47. The Balaban J connectivity index is 1.99. The number of nitrogens with zero attached hydrogens (tertiary/aromatic N) is 2. The maximum atomic E-state index is 12.4. The molecule has 0 saturated heterocycles. The summed E-state index contributed by atoms with van der Waals surface area (Å²) >= 11 is 0. The number of aromatic nitrogens is 2. The SMILES string of the molecule is CCN(CC)CCCNC(=O)c1ccccc1C(=O)c1ncc[nH]1. The number of H-pyrrole nitrogens is 1. The molecule has 2 N–H and O–H groups in total. The Kier molecular flexibility index (Phi) is 6.69. The Morgan fingerprint density at radius 3 is 2.50 bits per heavy atom. The summed E-state index contributed by atoms with van der Waals surface area (Å²) in [6.45, 7) is 7.78. The van der Waals surface area contributed by atoms with Gasteiger partial charge in [-0.3, -0.25) is 9.59 Å². The molecule has 1 heterocycles. The van der Waals surface area contributed by atoms with Crippen molar-refractivity contribution in [3.05, 3.63) is 53.6 Å². The number of benzene rings is 1.